The van der Waals surface area contributed by atoms with E-state index in [9.17, 15) is 4.79 Å². The van der Waals surface area contributed by atoms with Crippen molar-refractivity contribution in [1.82, 2.24) is 0 Å². The van der Waals surface area contributed by atoms with Gasteiger partial charge in [-0.2, -0.15) is 0 Å². The van der Waals surface area contributed by atoms with Crippen molar-refractivity contribution >= 4 is 22.9 Å². The molecule has 2 rings (SSSR count). The molecule has 120 valence electrons. The van der Waals surface area contributed by atoms with Gasteiger partial charge in [0.25, 0.3) is 5.91 Å². The zero-order valence-corrected chi connectivity index (χ0v) is 14.3. The summed E-state index contributed by atoms with van der Waals surface area (Å²) >= 11 is 1.35. The molecule has 4 heteroatoms. The van der Waals surface area contributed by atoms with Gasteiger partial charge in [-0.1, -0.05) is 67.3 Å². The molecule has 2 aromatic rings. The van der Waals surface area contributed by atoms with Crippen molar-refractivity contribution in [2.75, 3.05) is 5.73 Å². The van der Waals surface area contributed by atoms with Gasteiger partial charge >= 0.3 is 0 Å². The quantitative estimate of drug-likeness (QED) is 0.799. The van der Waals surface area contributed by atoms with Crippen LogP contribution in [0.3, 0.4) is 0 Å². The van der Waals surface area contributed by atoms with E-state index in [1.54, 1.807) is 6.08 Å². The van der Waals surface area contributed by atoms with E-state index >= 15 is 0 Å². The van der Waals surface area contributed by atoms with Crippen LogP contribution in [0.4, 0.5) is 5.69 Å². The number of carbonyl (C=O) groups excluding carboxylic acids is 1. The molecular formula is C19H22N2OS. The summed E-state index contributed by atoms with van der Waals surface area (Å²) in [7, 11) is 0. The highest BCUT2D eigenvalue weighted by atomic mass is 32.1. The van der Waals surface area contributed by atoms with Crippen LogP contribution in [-0.4, -0.2) is 5.91 Å². The molecule has 0 saturated carbocycles. The number of allylic oxidation sites excluding steroid dienone is 5. The largest absolute Gasteiger partial charge is 0.397 e. The maximum atomic E-state index is 11.2. The first-order chi connectivity index (χ1) is 11.0. The van der Waals surface area contributed by atoms with E-state index in [0.717, 1.165) is 16.0 Å². The third kappa shape index (κ3) is 5.27. The first kappa shape index (κ1) is 18.5. The number of hydrogen-bond acceptors (Lipinski definition) is 3. The topological polar surface area (TPSA) is 69.1 Å². The number of rotatable bonds is 4. The highest BCUT2D eigenvalue weighted by Crippen LogP contribution is 2.37. The van der Waals surface area contributed by atoms with Gasteiger partial charge in [0.1, 0.15) is 4.88 Å². The van der Waals surface area contributed by atoms with Crippen molar-refractivity contribution < 1.29 is 4.79 Å². The second kappa shape index (κ2) is 9.43. The summed E-state index contributed by atoms with van der Waals surface area (Å²) in [6, 6.07) is 9.83. The molecule has 0 spiro atoms. The van der Waals surface area contributed by atoms with Gasteiger partial charge in [0.2, 0.25) is 0 Å². The van der Waals surface area contributed by atoms with E-state index < -0.39 is 5.91 Å². The number of anilines is 1. The molecule has 1 aromatic carbocycles. The predicted octanol–water partition coefficient (Wildman–Crippen LogP) is 4.71. The average Bonchev–Trinajstić information content (AvgIpc) is 2.85. The van der Waals surface area contributed by atoms with E-state index in [1.165, 1.54) is 11.3 Å². The Labute approximate surface area is 141 Å². The lowest BCUT2D eigenvalue weighted by molar-refractivity contribution is 0.100. The van der Waals surface area contributed by atoms with Crippen molar-refractivity contribution in [1.29, 1.82) is 0 Å². The van der Waals surface area contributed by atoms with Gasteiger partial charge in [0, 0.05) is 4.88 Å². The monoisotopic (exact) mass is 326 g/mol. The summed E-state index contributed by atoms with van der Waals surface area (Å²) in [4.78, 5) is 12.6. The maximum absolute atomic E-state index is 11.2. The molecule has 23 heavy (non-hydrogen) atoms. The molecule has 3 nitrogen and oxygen atoms in total. The number of benzene rings is 1. The van der Waals surface area contributed by atoms with Crippen molar-refractivity contribution in [3.63, 3.8) is 0 Å². The van der Waals surface area contributed by atoms with Crippen LogP contribution in [0.25, 0.3) is 10.4 Å². The van der Waals surface area contributed by atoms with E-state index in [2.05, 4.69) is 6.58 Å². The Kier molecular flexibility index (Phi) is 7.57. The minimum absolute atomic E-state index is 0.441. The molecule has 0 unspecified atom stereocenters. The van der Waals surface area contributed by atoms with E-state index in [1.807, 2.05) is 68.5 Å². The van der Waals surface area contributed by atoms with Crippen molar-refractivity contribution in [3.8, 4) is 10.4 Å². The zero-order chi connectivity index (χ0) is 17.2. The average molecular weight is 326 g/mol. The first-order valence-corrected chi connectivity index (χ1v) is 7.99. The smallest absolute Gasteiger partial charge is 0.260 e. The van der Waals surface area contributed by atoms with Crippen molar-refractivity contribution in [2.24, 2.45) is 5.73 Å². The van der Waals surface area contributed by atoms with Crippen LogP contribution < -0.4 is 11.5 Å². The van der Waals surface area contributed by atoms with Gasteiger partial charge in [0.15, 0.2) is 0 Å². The first-order valence-electron chi connectivity index (χ1n) is 7.17. The number of amides is 1. The van der Waals surface area contributed by atoms with Crippen molar-refractivity contribution in [2.45, 2.75) is 13.8 Å². The highest BCUT2D eigenvalue weighted by molar-refractivity contribution is 7.18. The van der Waals surface area contributed by atoms with Crippen LogP contribution in [-0.2, 0) is 0 Å². The molecule has 0 aliphatic rings. The third-order valence-corrected chi connectivity index (χ3v) is 4.38. The molecule has 0 bridgehead atoms. The fourth-order valence-electron chi connectivity index (χ4n) is 1.83. The number of nitrogen functional groups attached to an aromatic ring is 1. The minimum atomic E-state index is -0.465. The standard InChI is InChI=1S/C12H12N2OS.C7H10/c1-7-9(13)11(12(14)15)16-10(7)8-5-3-2-4-6-8;1-3-5-7-6-4-2/h2-6H,13H2,1H3,(H2,14,15);3-7H,1H2,2H3/b;6-4-,7-5-. The zero-order valence-electron chi connectivity index (χ0n) is 13.5. The normalized spacial score (nSPS) is 10.5. The Balaban J connectivity index is 0.000000322. The molecule has 0 aliphatic heterocycles. The molecule has 0 fully saturated rings. The van der Waals surface area contributed by atoms with Crippen LogP contribution in [0.1, 0.15) is 22.2 Å². The van der Waals surface area contributed by atoms with Gasteiger partial charge in [0.05, 0.1) is 5.69 Å². The number of nitrogens with two attached hydrogens (primary N) is 2. The van der Waals surface area contributed by atoms with Crippen LogP contribution in [0.2, 0.25) is 0 Å². The third-order valence-electron chi connectivity index (χ3n) is 3.00. The maximum Gasteiger partial charge on any atom is 0.260 e. The molecule has 1 aromatic heterocycles. The lowest BCUT2D eigenvalue weighted by Crippen LogP contribution is -2.10. The van der Waals surface area contributed by atoms with Gasteiger partial charge in [-0.25, -0.2) is 0 Å². The number of carbonyl (C=O) groups is 1. The van der Waals surface area contributed by atoms with Gasteiger partial charge in [-0.05, 0) is 25.0 Å². The summed E-state index contributed by atoms with van der Waals surface area (Å²) < 4.78 is 0. The molecule has 0 aliphatic carbocycles. The van der Waals surface area contributed by atoms with E-state index in [4.69, 9.17) is 11.5 Å². The summed E-state index contributed by atoms with van der Waals surface area (Å²) in [6.45, 7) is 7.39. The molecule has 0 saturated heterocycles. The Morgan fingerprint density at radius 2 is 1.83 bits per heavy atom. The van der Waals surface area contributed by atoms with Crippen LogP contribution in [0, 0.1) is 6.92 Å². The van der Waals surface area contributed by atoms with Gasteiger partial charge < -0.3 is 11.5 Å². The van der Waals surface area contributed by atoms with E-state index in [0.29, 0.717) is 10.6 Å². The molecule has 4 N–H and O–H groups in total. The summed E-state index contributed by atoms with van der Waals surface area (Å²) in [5.74, 6) is -0.465. The molecular weight excluding hydrogens is 304 g/mol. The highest BCUT2D eigenvalue weighted by Gasteiger charge is 2.16. The molecule has 1 amide bonds. The Bertz CT molecular complexity index is 712. The number of primary amides is 1. The lowest BCUT2D eigenvalue weighted by Gasteiger charge is -1.98. The van der Waals surface area contributed by atoms with Gasteiger partial charge in [-0.15, -0.1) is 11.3 Å². The number of thiophene rings is 1. The minimum Gasteiger partial charge on any atom is -0.397 e. The van der Waals surface area contributed by atoms with Crippen molar-refractivity contribution in [3.05, 3.63) is 77.7 Å². The summed E-state index contributed by atoms with van der Waals surface area (Å²) in [5.41, 5.74) is 13.6. The van der Waals surface area contributed by atoms with Crippen LogP contribution in [0.5, 0.6) is 0 Å². The Morgan fingerprint density at radius 1 is 1.17 bits per heavy atom. The fourth-order valence-corrected chi connectivity index (χ4v) is 2.91. The summed E-state index contributed by atoms with van der Waals surface area (Å²) in [5, 5.41) is 0. The van der Waals surface area contributed by atoms with E-state index in [-0.39, 0.29) is 0 Å². The van der Waals surface area contributed by atoms with Crippen LogP contribution >= 0.6 is 11.3 Å². The second-order valence-corrected chi connectivity index (χ2v) is 5.70. The molecule has 0 atom stereocenters. The summed E-state index contributed by atoms with van der Waals surface area (Å²) in [6.07, 6.45) is 9.51. The molecule has 0 radical (unpaired) electrons. The predicted molar refractivity (Wildman–Crippen MR) is 102 cm³/mol. The van der Waals surface area contributed by atoms with Gasteiger partial charge in [-0.3, -0.25) is 4.79 Å². The molecule has 1 heterocycles. The number of hydrogen-bond donors (Lipinski definition) is 2. The SMILES string of the molecule is C=C/C=C\C=C/C.Cc1c(-c2ccccc2)sc(C(N)=O)c1N. The van der Waals surface area contributed by atoms with Crippen LogP contribution in [0.15, 0.2) is 67.3 Å². The Hall–Kier alpha value is -2.59. The second-order valence-electron chi connectivity index (χ2n) is 4.68. The fraction of sp³-hybridized carbons (Fsp3) is 0.105. The Morgan fingerprint density at radius 3 is 2.30 bits per heavy atom. The lowest BCUT2D eigenvalue weighted by atomic mass is 10.1.